The van der Waals surface area contributed by atoms with Gasteiger partial charge in [-0.05, 0) is 25.6 Å². The van der Waals surface area contributed by atoms with Gasteiger partial charge in [0, 0.05) is 0 Å². The van der Waals surface area contributed by atoms with Crippen molar-refractivity contribution in [1.82, 2.24) is 10.2 Å². The lowest BCUT2D eigenvalue weighted by Crippen LogP contribution is -2.33. The van der Waals surface area contributed by atoms with Gasteiger partial charge in [0.05, 0.1) is 16.8 Å². The Kier molecular flexibility index (Phi) is 4.13. The molecule has 1 aromatic carbocycles. The van der Waals surface area contributed by atoms with Crippen molar-refractivity contribution >= 4 is 11.8 Å². The Hall–Kier alpha value is -0.510. The van der Waals surface area contributed by atoms with Crippen LogP contribution in [0.5, 0.6) is 0 Å². The number of hydrogen-bond acceptors (Lipinski definition) is 3. The number of hydrogen-bond donors (Lipinski definition) is 1. The standard InChI is InChI=1S/C14H22N2S/c1-10(2)13-15-12(14(17-13)16(3)4)11-8-6-5-7-9-11/h5-10,12-15H,1-4H3/t12-,13+,14?/m0/s1. The van der Waals surface area contributed by atoms with Gasteiger partial charge in [0.25, 0.3) is 0 Å². The fourth-order valence-electron chi connectivity index (χ4n) is 2.22. The first-order valence-corrected chi connectivity index (χ1v) is 7.16. The average molecular weight is 250 g/mol. The Balaban J connectivity index is 2.20. The van der Waals surface area contributed by atoms with Gasteiger partial charge in [0.15, 0.2) is 0 Å². The third-order valence-electron chi connectivity index (χ3n) is 3.19. The van der Waals surface area contributed by atoms with E-state index in [1.807, 2.05) is 11.8 Å². The number of rotatable bonds is 3. The topological polar surface area (TPSA) is 15.3 Å². The van der Waals surface area contributed by atoms with Crippen LogP contribution in [0.3, 0.4) is 0 Å². The average Bonchev–Trinajstić information content (AvgIpc) is 2.75. The minimum Gasteiger partial charge on any atom is -0.296 e. The molecule has 1 unspecified atom stereocenters. The SMILES string of the molecule is CC(C)[C@@H]1N[C@@H](c2ccccc2)C(N(C)C)S1. The van der Waals surface area contributed by atoms with Crippen LogP contribution in [0.15, 0.2) is 30.3 Å². The molecule has 1 N–H and O–H groups in total. The summed E-state index contributed by atoms with van der Waals surface area (Å²) in [5.41, 5.74) is 1.39. The molecule has 1 saturated heterocycles. The van der Waals surface area contributed by atoms with Crippen LogP contribution in [0.4, 0.5) is 0 Å². The van der Waals surface area contributed by atoms with Crippen molar-refractivity contribution in [2.75, 3.05) is 14.1 Å². The van der Waals surface area contributed by atoms with Gasteiger partial charge in [-0.1, -0.05) is 44.2 Å². The fraction of sp³-hybridized carbons (Fsp3) is 0.571. The van der Waals surface area contributed by atoms with Crippen LogP contribution < -0.4 is 5.32 Å². The summed E-state index contributed by atoms with van der Waals surface area (Å²) in [4.78, 5) is 2.32. The summed E-state index contributed by atoms with van der Waals surface area (Å²) in [6, 6.07) is 11.2. The minimum absolute atomic E-state index is 0.434. The summed E-state index contributed by atoms with van der Waals surface area (Å²) in [6.45, 7) is 4.57. The van der Waals surface area contributed by atoms with Gasteiger partial charge in [-0.2, -0.15) is 0 Å². The maximum absolute atomic E-state index is 3.76. The molecule has 0 radical (unpaired) electrons. The van der Waals surface area contributed by atoms with Gasteiger partial charge in [0.2, 0.25) is 0 Å². The summed E-state index contributed by atoms with van der Waals surface area (Å²) < 4.78 is 0. The van der Waals surface area contributed by atoms with E-state index in [9.17, 15) is 0 Å². The van der Waals surface area contributed by atoms with Crippen molar-refractivity contribution in [2.45, 2.75) is 30.6 Å². The highest BCUT2D eigenvalue weighted by Crippen LogP contribution is 2.40. The summed E-state index contributed by atoms with van der Waals surface area (Å²) >= 11 is 2.04. The van der Waals surface area contributed by atoms with Crippen LogP contribution in [0.2, 0.25) is 0 Å². The highest BCUT2D eigenvalue weighted by molar-refractivity contribution is 8.00. The maximum Gasteiger partial charge on any atom is 0.0766 e. The molecule has 0 spiro atoms. The lowest BCUT2D eigenvalue weighted by molar-refractivity contribution is 0.321. The zero-order valence-corrected chi connectivity index (χ0v) is 11.9. The van der Waals surface area contributed by atoms with Gasteiger partial charge in [0.1, 0.15) is 0 Å². The van der Waals surface area contributed by atoms with Gasteiger partial charge < -0.3 is 0 Å². The predicted octanol–water partition coefficient (Wildman–Crippen LogP) is 2.93. The smallest absolute Gasteiger partial charge is 0.0766 e. The molecule has 17 heavy (non-hydrogen) atoms. The second-order valence-corrected chi connectivity index (χ2v) is 6.47. The van der Waals surface area contributed by atoms with Crippen LogP contribution in [-0.2, 0) is 0 Å². The first-order chi connectivity index (χ1) is 8.09. The Morgan fingerprint density at radius 2 is 1.82 bits per heavy atom. The summed E-state index contributed by atoms with van der Waals surface area (Å²) in [5.74, 6) is 0.663. The monoisotopic (exact) mass is 250 g/mol. The van der Waals surface area contributed by atoms with E-state index in [4.69, 9.17) is 0 Å². The van der Waals surface area contributed by atoms with E-state index in [1.165, 1.54) is 5.56 Å². The molecule has 1 aliphatic rings. The molecule has 0 aromatic heterocycles. The number of benzene rings is 1. The largest absolute Gasteiger partial charge is 0.296 e. The van der Waals surface area contributed by atoms with Crippen LogP contribution in [0.1, 0.15) is 25.5 Å². The molecule has 3 atom stereocenters. The second-order valence-electron chi connectivity index (χ2n) is 5.21. The van der Waals surface area contributed by atoms with Gasteiger partial charge in [-0.15, -0.1) is 11.8 Å². The predicted molar refractivity (Wildman–Crippen MR) is 76.0 cm³/mol. The maximum atomic E-state index is 3.76. The minimum atomic E-state index is 0.434. The molecule has 1 aromatic rings. The number of thioether (sulfide) groups is 1. The van der Waals surface area contributed by atoms with Gasteiger partial charge >= 0.3 is 0 Å². The highest BCUT2D eigenvalue weighted by atomic mass is 32.2. The fourth-order valence-corrected chi connectivity index (χ4v) is 3.69. The first kappa shape index (κ1) is 12.9. The zero-order chi connectivity index (χ0) is 12.4. The third kappa shape index (κ3) is 2.84. The van der Waals surface area contributed by atoms with E-state index in [1.54, 1.807) is 0 Å². The van der Waals surface area contributed by atoms with Crippen molar-refractivity contribution in [3.63, 3.8) is 0 Å². The number of likely N-dealkylation sites (N-methyl/N-ethyl adjacent to an activating group) is 1. The van der Waals surface area contributed by atoms with E-state index >= 15 is 0 Å². The highest BCUT2D eigenvalue weighted by Gasteiger charge is 2.37. The summed E-state index contributed by atoms with van der Waals surface area (Å²) in [7, 11) is 4.33. The van der Waals surface area contributed by atoms with Crippen LogP contribution in [0, 0.1) is 5.92 Å². The third-order valence-corrected chi connectivity index (χ3v) is 5.13. The molecule has 1 heterocycles. The molecule has 0 amide bonds. The Bertz CT molecular complexity index is 350. The normalized spacial score (nSPS) is 29.2. The quantitative estimate of drug-likeness (QED) is 0.888. The van der Waals surface area contributed by atoms with Crippen molar-refractivity contribution in [1.29, 1.82) is 0 Å². The Labute approximate surface area is 109 Å². The molecule has 2 nitrogen and oxygen atoms in total. The molecule has 0 saturated carbocycles. The Morgan fingerprint density at radius 3 is 2.35 bits per heavy atom. The molecule has 1 aliphatic heterocycles. The zero-order valence-electron chi connectivity index (χ0n) is 11.1. The molecular weight excluding hydrogens is 228 g/mol. The molecule has 94 valence electrons. The van der Waals surface area contributed by atoms with Crippen molar-refractivity contribution in [2.24, 2.45) is 5.92 Å². The molecule has 0 aliphatic carbocycles. The second kappa shape index (κ2) is 5.42. The first-order valence-electron chi connectivity index (χ1n) is 6.22. The number of nitrogens with one attached hydrogen (secondary N) is 1. The molecule has 0 bridgehead atoms. The number of nitrogens with zero attached hydrogens (tertiary/aromatic N) is 1. The van der Waals surface area contributed by atoms with Crippen LogP contribution in [-0.4, -0.2) is 29.7 Å². The van der Waals surface area contributed by atoms with Crippen molar-refractivity contribution in [3.05, 3.63) is 35.9 Å². The van der Waals surface area contributed by atoms with E-state index in [0.717, 1.165) is 0 Å². The molecule has 3 heteroatoms. The van der Waals surface area contributed by atoms with Crippen LogP contribution >= 0.6 is 11.8 Å². The summed E-state index contributed by atoms with van der Waals surface area (Å²) in [6.07, 6.45) is 0. The molecular formula is C14H22N2S. The van der Waals surface area contributed by atoms with Crippen molar-refractivity contribution < 1.29 is 0 Å². The lowest BCUT2D eigenvalue weighted by atomic mass is 10.1. The van der Waals surface area contributed by atoms with E-state index in [-0.39, 0.29) is 0 Å². The molecule has 1 fully saturated rings. The Morgan fingerprint density at radius 1 is 1.18 bits per heavy atom. The van der Waals surface area contributed by atoms with Gasteiger partial charge in [-0.3, -0.25) is 10.2 Å². The van der Waals surface area contributed by atoms with E-state index < -0.39 is 0 Å². The van der Waals surface area contributed by atoms with E-state index in [2.05, 4.69) is 68.5 Å². The van der Waals surface area contributed by atoms with Crippen molar-refractivity contribution in [3.8, 4) is 0 Å². The van der Waals surface area contributed by atoms with Gasteiger partial charge in [-0.25, -0.2) is 0 Å². The summed E-state index contributed by atoms with van der Waals surface area (Å²) in [5, 5.41) is 4.83. The lowest BCUT2D eigenvalue weighted by Gasteiger charge is -2.24. The molecule has 2 rings (SSSR count). The van der Waals surface area contributed by atoms with Crippen LogP contribution in [0.25, 0.3) is 0 Å². The van der Waals surface area contributed by atoms with E-state index in [0.29, 0.717) is 22.7 Å².